The van der Waals surface area contributed by atoms with Crippen molar-refractivity contribution >= 4 is 12.2 Å². The highest BCUT2D eigenvalue weighted by Crippen LogP contribution is 2.21. The third kappa shape index (κ3) is 2.18. The van der Waals surface area contributed by atoms with Crippen LogP contribution in [-0.4, -0.2) is 35.1 Å². The molecule has 0 aliphatic carbocycles. The Balaban J connectivity index is 3.31. The van der Waals surface area contributed by atoms with Gasteiger partial charge in [-0.2, -0.15) is 15.6 Å². The highest BCUT2D eigenvalue weighted by molar-refractivity contribution is 5.64. The van der Waals surface area contributed by atoms with Crippen molar-refractivity contribution in [1.29, 1.82) is 10.5 Å². The molecule has 0 bridgehead atoms. The van der Waals surface area contributed by atoms with Crippen LogP contribution in [0.15, 0.2) is 4.99 Å². The molecule has 1 heterocycles. The predicted molar refractivity (Wildman–Crippen MR) is 59.2 cm³/mol. The van der Waals surface area contributed by atoms with Crippen LogP contribution in [-0.2, 0) is 6.54 Å². The number of nitriles is 2. The number of aromatic nitrogens is 2. The number of aliphatic imine (C=N–C) groups is 1. The molecule has 0 saturated heterocycles. The summed E-state index contributed by atoms with van der Waals surface area (Å²) in [7, 11) is 3.65. The lowest BCUT2D eigenvalue weighted by Crippen LogP contribution is -2.07. The Bertz CT molecular complexity index is 483. The zero-order valence-corrected chi connectivity index (χ0v) is 9.47. The Morgan fingerprint density at radius 3 is 2.56 bits per heavy atom. The zero-order valence-electron chi connectivity index (χ0n) is 9.47. The van der Waals surface area contributed by atoms with Crippen LogP contribution in [0.1, 0.15) is 18.2 Å². The lowest BCUT2D eigenvalue weighted by molar-refractivity contribution is 0.635. The van der Waals surface area contributed by atoms with Crippen molar-refractivity contribution in [2.24, 2.45) is 4.99 Å². The summed E-state index contributed by atoms with van der Waals surface area (Å²) < 4.78 is 1.54. The van der Waals surface area contributed by atoms with E-state index in [0.29, 0.717) is 12.4 Å². The van der Waals surface area contributed by atoms with Crippen LogP contribution >= 0.6 is 0 Å². The third-order valence-electron chi connectivity index (χ3n) is 1.85. The minimum absolute atomic E-state index is 0.121. The first-order valence-electron chi connectivity index (χ1n) is 4.75. The monoisotopic (exact) mass is 216 g/mol. The summed E-state index contributed by atoms with van der Waals surface area (Å²) in [6.07, 6.45) is 1.57. The smallest absolute Gasteiger partial charge is 0.182 e. The third-order valence-corrected chi connectivity index (χ3v) is 1.85. The summed E-state index contributed by atoms with van der Waals surface area (Å²) in [6, 6.07) is 3.84. The van der Waals surface area contributed by atoms with E-state index in [1.54, 1.807) is 11.2 Å². The van der Waals surface area contributed by atoms with E-state index < -0.39 is 0 Å². The van der Waals surface area contributed by atoms with Gasteiger partial charge in [0, 0.05) is 20.6 Å². The molecule has 6 heteroatoms. The van der Waals surface area contributed by atoms with Crippen molar-refractivity contribution in [3.8, 4) is 12.1 Å². The van der Waals surface area contributed by atoms with E-state index in [1.165, 1.54) is 4.68 Å². The molecule has 1 rings (SSSR count). The molecule has 1 aromatic heterocycles. The summed E-state index contributed by atoms with van der Waals surface area (Å²) >= 11 is 0. The minimum atomic E-state index is 0.121. The van der Waals surface area contributed by atoms with Crippen LogP contribution in [0.5, 0.6) is 0 Å². The van der Waals surface area contributed by atoms with Crippen LogP contribution in [0, 0.1) is 22.7 Å². The van der Waals surface area contributed by atoms with Gasteiger partial charge in [-0.1, -0.05) is 0 Å². The molecule has 0 unspecified atom stereocenters. The Hall–Kier alpha value is -2.34. The lowest BCUT2D eigenvalue weighted by atomic mass is 10.2. The quantitative estimate of drug-likeness (QED) is 0.554. The number of aryl methyl sites for hydroxylation is 1. The molecule has 16 heavy (non-hydrogen) atoms. The SMILES string of the molecule is CCn1nc(C#N)c(C#N)c1/N=C/N(C)C. The van der Waals surface area contributed by atoms with Gasteiger partial charge in [0.15, 0.2) is 11.5 Å². The number of rotatable bonds is 3. The Kier molecular flexibility index (Phi) is 3.62. The van der Waals surface area contributed by atoms with E-state index in [0.717, 1.165) is 0 Å². The molecule has 0 N–H and O–H groups in total. The molecule has 0 aliphatic rings. The van der Waals surface area contributed by atoms with E-state index in [2.05, 4.69) is 10.1 Å². The summed E-state index contributed by atoms with van der Waals surface area (Å²) in [6.45, 7) is 2.44. The molecule has 0 aliphatic heterocycles. The van der Waals surface area contributed by atoms with Crippen molar-refractivity contribution in [2.45, 2.75) is 13.5 Å². The second kappa shape index (κ2) is 4.94. The van der Waals surface area contributed by atoms with Crippen LogP contribution in [0.25, 0.3) is 0 Å². The van der Waals surface area contributed by atoms with Crippen molar-refractivity contribution < 1.29 is 0 Å². The predicted octanol–water partition coefficient (Wildman–Crippen LogP) is 0.868. The number of hydrogen-bond donors (Lipinski definition) is 0. The Morgan fingerprint density at radius 2 is 2.12 bits per heavy atom. The average molecular weight is 216 g/mol. The average Bonchev–Trinajstić information content (AvgIpc) is 2.62. The maximum absolute atomic E-state index is 8.96. The second-order valence-electron chi connectivity index (χ2n) is 3.29. The second-order valence-corrected chi connectivity index (χ2v) is 3.29. The van der Waals surface area contributed by atoms with Gasteiger partial charge >= 0.3 is 0 Å². The number of hydrogen-bond acceptors (Lipinski definition) is 4. The van der Waals surface area contributed by atoms with Gasteiger partial charge in [0.05, 0.1) is 6.34 Å². The van der Waals surface area contributed by atoms with E-state index in [4.69, 9.17) is 10.5 Å². The van der Waals surface area contributed by atoms with Crippen LogP contribution in [0.2, 0.25) is 0 Å². The fraction of sp³-hybridized carbons (Fsp3) is 0.400. The van der Waals surface area contributed by atoms with Gasteiger partial charge in [-0.3, -0.25) is 0 Å². The summed E-state index contributed by atoms with van der Waals surface area (Å²) in [4.78, 5) is 5.89. The largest absolute Gasteiger partial charge is 0.369 e. The van der Waals surface area contributed by atoms with Crippen molar-refractivity contribution in [3.05, 3.63) is 11.3 Å². The van der Waals surface area contributed by atoms with Crippen molar-refractivity contribution in [1.82, 2.24) is 14.7 Å². The maximum Gasteiger partial charge on any atom is 0.182 e. The summed E-state index contributed by atoms with van der Waals surface area (Å²) in [5.41, 5.74) is 0.345. The van der Waals surface area contributed by atoms with Crippen molar-refractivity contribution in [3.63, 3.8) is 0 Å². The minimum Gasteiger partial charge on any atom is -0.369 e. The molecule has 0 fully saturated rings. The normalized spacial score (nSPS) is 10.1. The van der Waals surface area contributed by atoms with Crippen molar-refractivity contribution in [2.75, 3.05) is 14.1 Å². The first-order chi connectivity index (χ1) is 7.63. The Labute approximate surface area is 94.0 Å². The van der Waals surface area contributed by atoms with Crippen LogP contribution < -0.4 is 0 Å². The van der Waals surface area contributed by atoms with E-state index in [-0.39, 0.29) is 11.3 Å². The Morgan fingerprint density at radius 1 is 1.44 bits per heavy atom. The topological polar surface area (TPSA) is 81.0 Å². The fourth-order valence-electron chi connectivity index (χ4n) is 1.16. The van der Waals surface area contributed by atoms with Gasteiger partial charge in [-0.05, 0) is 6.92 Å². The van der Waals surface area contributed by atoms with Crippen LogP contribution in [0.4, 0.5) is 5.82 Å². The molecule has 82 valence electrons. The molecule has 0 atom stereocenters. The first-order valence-corrected chi connectivity index (χ1v) is 4.75. The van der Waals surface area contributed by atoms with Crippen LogP contribution in [0.3, 0.4) is 0 Å². The first kappa shape index (κ1) is 11.7. The molecule has 0 aromatic carbocycles. The standard InChI is InChI=1S/C10H12N6/c1-4-16-10(13-7-15(2)3)8(5-11)9(6-12)14-16/h7H,4H2,1-3H3/b13-7+. The van der Waals surface area contributed by atoms with E-state index in [1.807, 2.05) is 33.2 Å². The highest BCUT2D eigenvalue weighted by atomic mass is 15.3. The summed E-state index contributed by atoms with van der Waals surface area (Å²) in [5, 5.41) is 21.8. The van der Waals surface area contributed by atoms with Gasteiger partial charge in [-0.25, -0.2) is 9.67 Å². The van der Waals surface area contributed by atoms with Gasteiger partial charge < -0.3 is 4.90 Å². The van der Waals surface area contributed by atoms with Gasteiger partial charge in [0.25, 0.3) is 0 Å². The zero-order chi connectivity index (χ0) is 12.1. The lowest BCUT2D eigenvalue weighted by Gasteiger charge is -2.03. The molecule has 0 radical (unpaired) electrons. The molecule has 0 saturated carbocycles. The fourth-order valence-corrected chi connectivity index (χ4v) is 1.16. The van der Waals surface area contributed by atoms with E-state index >= 15 is 0 Å². The maximum atomic E-state index is 8.96. The van der Waals surface area contributed by atoms with Gasteiger partial charge in [-0.15, -0.1) is 0 Å². The molecule has 6 nitrogen and oxygen atoms in total. The highest BCUT2D eigenvalue weighted by Gasteiger charge is 2.15. The van der Waals surface area contributed by atoms with Gasteiger partial charge in [0.2, 0.25) is 0 Å². The number of nitrogens with zero attached hydrogens (tertiary/aromatic N) is 6. The van der Waals surface area contributed by atoms with E-state index in [9.17, 15) is 0 Å². The summed E-state index contributed by atoms with van der Waals surface area (Å²) in [5.74, 6) is 0.426. The molecule has 1 aromatic rings. The molecular weight excluding hydrogens is 204 g/mol. The molecule has 0 amide bonds. The molecular formula is C10H12N6. The molecule has 0 spiro atoms. The van der Waals surface area contributed by atoms with Gasteiger partial charge in [0.1, 0.15) is 17.7 Å².